The predicted molar refractivity (Wildman–Crippen MR) is 301 cm³/mol. The molecule has 0 bridgehead atoms. The van der Waals surface area contributed by atoms with E-state index in [-0.39, 0.29) is 6.04 Å². The van der Waals surface area contributed by atoms with Crippen LogP contribution in [0.4, 0.5) is 45.5 Å². The lowest BCUT2D eigenvalue weighted by Crippen LogP contribution is -2.65. The number of anilines is 8. The highest BCUT2D eigenvalue weighted by Gasteiger charge is 2.47. The highest BCUT2D eigenvalue weighted by Crippen LogP contribution is 2.55. The molecule has 8 N–H and O–H groups in total. The van der Waals surface area contributed by atoms with Gasteiger partial charge in [0.1, 0.15) is 11.4 Å². The van der Waals surface area contributed by atoms with E-state index in [2.05, 4.69) is 135 Å². The first-order valence-corrected chi connectivity index (χ1v) is 27.8. The number of rotatable bonds is 37. The second-order valence-electron chi connectivity index (χ2n) is 19.4. The fourth-order valence-electron chi connectivity index (χ4n) is 10.2. The number of hydrogen-bond acceptors (Lipinski definition) is 11. The monoisotopic (exact) mass is 960 g/mol. The molecule has 1 fully saturated rings. The quantitative estimate of drug-likeness (QED) is 0.00986. The molecule has 3 aromatic carbocycles. The third-order valence-corrected chi connectivity index (χ3v) is 14.4. The summed E-state index contributed by atoms with van der Waals surface area (Å²) in [5, 5.41) is 23.0. The van der Waals surface area contributed by atoms with E-state index in [1.54, 1.807) is 0 Å². The standard InChI is InChI=1S/C56H98ClN11/c1-10-17-20-21-22-23-24-25-26-34-42-59-52-51(63-46-36-28-27-29-37-46)50(56(65(8)9,61-43-19-12-3)66(15-6)16-7)55(67(57)68(62-14-5)49-41-33-32-40-48(49)58)54(64-47-38-30-31-39-47)53(52)60-44-45(13-4)35-18-11-2/h27-29,32-33,36-37,40-41,45,47,59-64H,10-26,30-31,34-35,38-39,42-44,58H2,1-9H3. The van der Waals surface area contributed by atoms with Gasteiger partial charge in [0.25, 0.3) is 0 Å². The lowest BCUT2D eigenvalue weighted by Gasteiger charge is -2.51. The first-order chi connectivity index (χ1) is 33.2. The van der Waals surface area contributed by atoms with Crippen LogP contribution in [0.5, 0.6) is 0 Å². The molecule has 0 aromatic heterocycles. The van der Waals surface area contributed by atoms with Gasteiger partial charge in [-0.25, -0.2) is 10.5 Å². The molecule has 1 aliphatic rings. The normalized spacial score (nSPS) is 14.4. The van der Waals surface area contributed by atoms with Crippen LogP contribution in [0.1, 0.15) is 182 Å². The van der Waals surface area contributed by atoms with Crippen molar-refractivity contribution < 1.29 is 0 Å². The number of hydrogen-bond donors (Lipinski definition) is 7. The first-order valence-electron chi connectivity index (χ1n) is 27.5. The molecule has 11 nitrogen and oxygen atoms in total. The maximum atomic E-state index is 8.26. The average molecular weight is 961 g/mol. The first kappa shape index (κ1) is 57.0. The number of nitrogens with zero attached hydrogens (tertiary/aromatic N) is 4. The van der Waals surface area contributed by atoms with Gasteiger partial charge in [-0.2, -0.15) is 4.53 Å². The van der Waals surface area contributed by atoms with Crippen molar-refractivity contribution in [2.75, 3.05) is 90.0 Å². The van der Waals surface area contributed by atoms with Gasteiger partial charge in [0.2, 0.25) is 0 Å². The molecule has 68 heavy (non-hydrogen) atoms. The fourth-order valence-corrected chi connectivity index (χ4v) is 10.5. The molecule has 0 heterocycles. The Labute approximate surface area is 420 Å². The molecule has 12 heteroatoms. The third kappa shape index (κ3) is 16.0. The van der Waals surface area contributed by atoms with Crippen LogP contribution < -0.4 is 47.4 Å². The zero-order valence-electron chi connectivity index (χ0n) is 44.5. The molecule has 2 unspecified atom stereocenters. The van der Waals surface area contributed by atoms with Crippen molar-refractivity contribution in [1.82, 2.24) is 20.5 Å². The van der Waals surface area contributed by atoms with Crippen molar-refractivity contribution in [1.29, 1.82) is 0 Å². The van der Waals surface area contributed by atoms with Gasteiger partial charge in [-0.05, 0) is 96.0 Å². The van der Waals surface area contributed by atoms with Gasteiger partial charge < -0.3 is 27.0 Å². The van der Waals surface area contributed by atoms with Gasteiger partial charge in [-0.3, -0.25) is 15.1 Å². The highest BCUT2D eigenvalue weighted by atomic mass is 35.5. The zero-order valence-corrected chi connectivity index (χ0v) is 45.2. The maximum Gasteiger partial charge on any atom is 0.159 e. The van der Waals surface area contributed by atoms with Crippen LogP contribution in [0.2, 0.25) is 0 Å². The van der Waals surface area contributed by atoms with E-state index >= 15 is 0 Å². The number of nitrogen functional groups attached to an aromatic ring is 1. The summed E-state index contributed by atoms with van der Waals surface area (Å²) in [4.78, 5) is 4.94. The molecule has 0 spiro atoms. The average Bonchev–Trinajstić information content (AvgIpc) is 3.87. The molecule has 0 amide bonds. The molecule has 1 saturated carbocycles. The van der Waals surface area contributed by atoms with Crippen molar-refractivity contribution >= 4 is 57.3 Å². The zero-order chi connectivity index (χ0) is 49.2. The Balaban J connectivity index is 2.16. The Morgan fingerprint density at radius 2 is 1.28 bits per heavy atom. The van der Waals surface area contributed by atoms with Crippen molar-refractivity contribution in [3.63, 3.8) is 0 Å². The summed E-state index contributed by atoms with van der Waals surface area (Å²) < 4.78 is 1.83. The largest absolute Gasteiger partial charge is 0.397 e. The SMILES string of the molecule is CCCCCCCCCCCCNc1c(NCC(CC)CCCC)c(NC2CCCC2)c(N(Cl)N(NCC)c2ccccc2N)c(C(NCCCC)(N(C)C)N(CC)CC)c1Nc1ccccc1. The summed E-state index contributed by atoms with van der Waals surface area (Å²) in [5.74, 6) is -0.330. The molecule has 1 aliphatic carbocycles. The molecule has 2 atom stereocenters. The summed E-state index contributed by atoms with van der Waals surface area (Å²) in [6, 6.07) is 19.0. The second-order valence-corrected chi connectivity index (χ2v) is 19.7. The van der Waals surface area contributed by atoms with E-state index < -0.39 is 5.79 Å². The van der Waals surface area contributed by atoms with Crippen molar-refractivity contribution in [3.05, 3.63) is 60.2 Å². The van der Waals surface area contributed by atoms with E-state index in [1.165, 1.54) is 89.9 Å². The highest BCUT2D eigenvalue weighted by molar-refractivity contribution is 6.29. The van der Waals surface area contributed by atoms with Crippen LogP contribution in [0, 0.1) is 5.92 Å². The van der Waals surface area contributed by atoms with Crippen molar-refractivity contribution in [2.24, 2.45) is 5.92 Å². The van der Waals surface area contributed by atoms with E-state index in [1.807, 2.05) is 33.9 Å². The number of halogens is 1. The molecular weight excluding hydrogens is 862 g/mol. The lowest BCUT2D eigenvalue weighted by atomic mass is 9.93. The molecule has 384 valence electrons. The van der Waals surface area contributed by atoms with Gasteiger partial charge in [0.05, 0.1) is 34.0 Å². The predicted octanol–water partition coefficient (Wildman–Crippen LogP) is 14.6. The van der Waals surface area contributed by atoms with E-state index in [4.69, 9.17) is 17.5 Å². The van der Waals surface area contributed by atoms with Crippen LogP contribution in [0.3, 0.4) is 0 Å². The Bertz CT molecular complexity index is 1800. The van der Waals surface area contributed by atoms with Gasteiger partial charge in [-0.15, -0.1) is 0 Å². The van der Waals surface area contributed by atoms with E-state index in [0.717, 1.165) is 117 Å². The maximum absolute atomic E-state index is 8.26. The summed E-state index contributed by atoms with van der Waals surface area (Å²) in [6.45, 7) is 20.6. The molecule has 3 aromatic rings. The van der Waals surface area contributed by atoms with Crippen LogP contribution >= 0.6 is 11.8 Å². The Morgan fingerprint density at radius 3 is 1.87 bits per heavy atom. The van der Waals surface area contributed by atoms with Gasteiger partial charge in [0, 0.05) is 43.1 Å². The van der Waals surface area contributed by atoms with Gasteiger partial charge in [-0.1, -0.05) is 175 Å². The van der Waals surface area contributed by atoms with Crippen LogP contribution in [0.15, 0.2) is 54.6 Å². The van der Waals surface area contributed by atoms with Crippen molar-refractivity contribution in [3.8, 4) is 0 Å². The molecule has 4 rings (SSSR count). The number of hydrazine groups is 2. The smallest absolute Gasteiger partial charge is 0.159 e. The van der Waals surface area contributed by atoms with Crippen LogP contribution in [0.25, 0.3) is 0 Å². The summed E-state index contributed by atoms with van der Waals surface area (Å²) in [6.07, 6.45) is 24.3. The number of para-hydroxylation sites is 3. The van der Waals surface area contributed by atoms with Gasteiger partial charge in [0.15, 0.2) is 5.79 Å². The molecule has 0 aliphatic heterocycles. The summed E-state index contributed by atoms with van der Waals surface area (Å²) in [7, 11) is 4.44. The minimum absolute atomic E-state index is 0.279. The summed E-state index contributed by atoms with van der Waals surface area (Å²) >= 11 is 8.26. The Kier molecular flexibility index (Phi) is 26.5. The number of nitrogens with one attached hydrogen (secondary N) is 6. The topological polar surface area (TPSA) is 111 Å². The Hall–Kier alpha value is -3.61. The number of unbranched alkanes of at least 4 members (excludes halogenated alkanes) is 11. The second kappa shape index (κ2) is 31.6. The lowest BCUT2D eigenvalue weighted by molar-refractivity contribution is -0.0599. The molecular formula is C56H98ClN11. The number of benzene rings is 3. The molecule has 0 radical (unpaired) electrons. The minimum atomic E-state index is -0.844. The van der Waals surface area contributed by atoms with Crippen LogP contribution in [-0.4, -0.2) is 69.2 Å². The van der Waals surface area contributed by atoms with Gasteiger partial charge >= 0.3 is 0 Å². The molecule has 0 saturated heterocycles. The Morgan fingerprint density at radius 1 is 0.676 bits per heavy atom. The van der Waals surface area contributed by atoms with E-state index in [0.29, 0.717) is 18.2 Å². The summed E-state index contributed by atoms with van der Waals surface area (Å²) in [5.41, 5.74) is 19.0. The third-order valence-electron chi connectivity index (χ3n) is 14.1. The van der Waals surface area contributed by atoms with E-state index in [9.17, 15) is 0 Å². The number of nitrogens with two attached hydrogens (primary N) is 1. The minimum Gasteiger partial charge on any atom is -0.397 e. The van der Waals surface area contributed by atoms with Crippen molar-refractivity contribution in [2.45, 2.75) is 189 Å². The fraction of sp³-hybridized carbons (Fsp3) is 0.679. The van der Waals surface area contributed by atoms with Crippen LogP contribution in [-0.2, 0) is 5.79 Å².